The summed E-state index contributed by atoms with van der Waals surface area (Å²) in [7, 11) is 0. The van der Waals surface area contributed by atoms with Gasteiger partial charge in [-0.3, -0.25) is 4.79 Å². The summed E-state index contributed by atoms with van der Waals surface area (Å²) >= 11 is 0. The van der Waals surface area contributed by atoms with Gasteiger partial charge in [0.25, 0.3) is 0 Å². The highest BCUT2D eigenvalue weighted by molar-refractivity contribution is 5.94. The smallest absolute Gasteiger partial charge is 0.328 e. The Hall–Kier alpha value is -2.21. The molecule has 0 aliphatic carbocycles. The number of carbonyl (C=O) groups is 2. The first-order valence-electron chi connectivity index (χ1n) is 5.10. The van der Waals surface area contributed by atoms with E-state index in [9.17, 15) is 14.0 Å². The second kappa shape index (κ2) is 6.51. The Morgan fingerprint density at radius 3 is 2.72 bits per heavy atom. The van der Waals surface area contributed by atoms with Crippen molar-refractivity contribution in [3.63, 3.8) is 0 Å². The summed E-state index contributed by atoms with van der Waals surface area (Å²) in [6.45, 7) is -0.700. The molecule has 3 N–H and O–H groups in total. The molecule has 0 aromatic heterocycles. The van der Waals surface area contributed by atoms with E-state index in [2.05, 4.69) is 5.32 Å². The van der Waals surface area contributed by atoms with E-state index in [-0.39, 0.29) is 0 Å². The van der Waals surface area contributed by atoms with E-state index in [1.807, 2.05) is 0 Å². The predicted octanol–water partition coefficient (Wildman–Crippen LogP) is 0.401. The molecule has 6 heteroatoms. The lowest BCUT2D eigenvalue weighted by molar-refractivity contribution is -0.142. The van der Waals surface area contributed by atoms with Crippen LogP contribution in [0.25, 0.3) is 6.08 Å². The Morgan fingerprint density at radius 1 is 1.44 bits per heavy atom. The number of hydrogen-bond donors (Lipinski definition) is 3. The Balaban J connectivity index is 2.62. The van der Waals surface area contributed by atoms with Gasteiger partial charge >= 0.3 is 5.97 Å². The molecule has 5 nitrogen and oxygen atoms in total. The molecular formula is C12H12FNO4. The molecule has 18 heavy (non-hydrogen) atoms. The van der Waals surface area contributed by atoms with Gasteiger partial charge in [-0.15, -0.1) is 0 Å². The molecule has 0 bridgehead atoms. The Bertz CT molecular complexity index is 473. The van der Waals surface area contributed by atoms with Crippen LogP contribution in [0.15, 0.2) is 30.3 Å². The number of carboxylic acid groups (broad SMARTS) is 1. The summed E-state index contributed by atoms with van der Waals surface area (Å²) in [5.74, 6) is -2.44. The van der Waals surface area contributed by atoms with E-state index in [1.54, 1.807) is 6.07 Å². The van der Waals surface area contributed by atoms with E-state index in [0.717, 1.165) is 6.08 Å². The van der Waals surface area contributed by atoms with E-state index in [1.165, 1.54) is 24.3 Å². The minimum atomic E-state index is -1.35. The van der Waals surface area contributed by atoms with Gasteiger partial charge in [0.2, 0.25) is 5.91 Å². The lowest BCUT2D eigenvalue weighted by Gasteiger charge is -2.09. The van der Waals surface area contributed by atoms with Gasteiger partial charge in [-0.2, -0.15) is 0 Å². The standard InChI is InChI=1S/C12H12FNO4/c13-9-3-1-2-8(6-9)4-5-11(16)14-10(7-15)12(17)18/h1-6,10,15H,7H2,(H,14,16)(H,17,18)/b5-4+/t10-/m0/s1. The maximum atomic E-state index is 12.8. The van der Waals surface area contributed by atoms with Gasteiger partial charge in [-0.05, 0) is 23.8 Å². The summed E-state index contributed by atoms with van der Waals surface area (Å²) in [6.07, 6.45) is 2.41. The largest absolute Gasteiger partial charge is 0.480 e. The highest BCUT2D eigenvalue weighted by atomic mass is 19.1. The molecule has 1 rings (SSSR count). The first kappa shape index (κ1) is 13.9. The normalized spacial score (nSPS) is 12.3. The van der Waals surface area contributed by atoms with E-state index < -0.39 is 30.3 Å². The molecule has 1 amide bonds. The van der Waals surface area contributed by atoms with Gasteiger partial charge in [-0.1, -0.05) is 12.1 Å². The number of amides is 1. The van der Waals surface area contributed by atoms with Crippen LogP contribution in [0.4, 0.5) is 4.39 Å². The number of aliphatic carboxylic acids is 1. The Kier molecular flexibility index (Phi) is 5.01. The molecule has 0 spiro atoms. The van der Waals surface area contributed by atoms with Crippen molar-refractivity contribution in [2.75, 3.05) is 6.61 Å². The van der Waals surface area contributed by atoms with Crippen LogP contribution in [-0.2, 0) is 9.59 Å². The second-order valence-corrected chi connectivity index (χ2v) is 3.47. The van der Waals surface area contributed by atoms with Gasteiger partial charge < -0.3 is 15.5 Å². The third-order valence-electron chi connectivity index (χ3n) is 2.07. The molecule has 96 valence electrons. The minimum absolute atomic E-state index is 0.434. The van der Waals surface area contributed by atoms with Gasteiger partial charge in [0, 0.05) is 6.08 Å². The second-order valence-electron chi connectivity index (χ2n) is 3.47. The maximum absolute atomic E-state index is 12.8. The Labute approximate surface area is 103 Å². The van der Waals surface area contributed by atoms with Crippen molar-refractivity contribution < 1.29 is 24.2 Å². The van der Waals surface area contributed by atoms with Crippen LogP contribution in [0.3, 0.4) is 0 Å². The molecule has 1 atom stereocenters. The molecule has 0 saturated heterocycles. The number of hydrogen-bond acceptors (Lipinski definition) is 3. The highest BCUT2D eigenvalue weighted by Gasteiger charge is 2.16. The van der Waals surface area contributed by atoms with E-state index in [0.29, 0.717) is 5.56 Å². The van der Waals surface area contributed by atoms with Crippen molar-refractivity contribution in [3.8, 4) is 0 Å². The number of nitrogens with one attached hydrogen (secondary N) is 1. The minimum Gasteiger partial charge on any atom is -0.480 e. The van der Waals surface area contributed by atoms with Crippen LogP contribution in [0, 0.1) is 5.82 Å². The molecule has 0 radical (unpaired) electrons. The SMILES string of the molecule is O=C(/C=C/c1cccc(F)c1)N[C@@H](CO)C(=O)O. The quantitative estimate of drug-likeness (QED) is 0.663. The van der Waals surface area contributed by atoms with E-state index in [4.69, 9.17) is 10.2 Å². The molecule has 0 fully saturated rings. The number of rotatable bonds is 5. The number of aliphatic hydroxyl groups is 1. The first-order chi connectivity index (χ1) is 8.52. The van der Waals surface area contributed by atoms with Crippen LogP contribution in [0.5, 0.6) is 0 Å². The molecule has 0 aliphatic rings. The molecule has 1 aromatic carbocycles. The van der Waals surface area contributed by atoms with Crippen LogP contribution in [0.1, 0.15) is 5.56 Å². The number of benzene rings is 1. The highest BCUT2D eigenvalue weighted by Crippen LogP contribution is 2.05. The van der Waals surface area contributed by atoms with Crippen LogP contribution >= 0.6 is 0 Å². The Morgan fingerprint density at radius 2 is 2.17 bits per heavy atom. The van der Waals surface area contributed by atoms with Crippen LogP contribution < -0.4 is 5.32 Å². The summed E-state index contributed by atoms with van der Waals surface area (Å²) in [5.41, 5.74) is 0.473. The summed E-state index contributed by atoms with van der Waals surface area (Å²) in [5, 5.41) is 19.4. The zero-order valence-corrected chi connectivity index (χ0v) is 9.34. The monoisotopic (exact) mass is 253 g/mol. The molecule has 1 aromatic rings. The molecule has 0 aliphatic heterocycles. The van der Waals surface area contributed by atoms with Crippen molar-refractivity contribution in [2.24, 2.45) is 0 Å². The fourth-order valence-corrected chi connectivity index (χ4v) is 1.19. The molecule has 0 saturated carbocycles. The zero-order valence-electron chi connectivity index (χ0n) is 9.34. The number of halogens is 1. The fourth-order valence-electron chi connectivity index (χ4n) is 1.19. The molecular weight excluding hydrogens is 241 g/mol. The summed E-state index contributed by atoms with van der Waals surface area (Å²) in [4.78, 5) is 21.8. The number of carbonyl (C=O) groups excluding carboxylic acids is 1. The molecule has 0 unspecified atom stereocenters. The third-order valence-corrected chi connectivity index (χ3v) is 2.07. The third kappa shape index (κ3) is 4.34. The number of carboxylic acids is 1. The van der Waals surface area contributed by atoms with Crippen LogP contribution in [0.2, 0.25) is 0 Å². The topological polar surface area (TPSA) is 86.6 Å². The van der Waals surface area contributed by atoms with Crippen molar-refractivity contribution in [1.82, 2.24) is 5.32 Å². The summed E-state index contributed by atoms with van der Waals surface area (Å²) in [6, 6.07) is 4.22. The predicted molar refractivity (Wildman–Crippen MR) is 62.1 cm³/mol. The lowest BCUT2D eigenvalue weighted by atomic mass is 10.2. The van der Waals surface area contributed by atoms with Gasteiger partial charge in [-0.25, -0.2) is 9.18 Å². The zero-order chi connectivity index (χ0) is 13.5. The van der Waals surface area contributed by atoms with Gasteiger partial charge in [0.05, 0.1) is 6.61 Å². The average Bonchev–Trinajstić information content (AvgIpc) is 2.33. The van der Waals surface area contributed by atoms with Crippen molar-refractivity contribution in [1.29, 1.82) is 0 Å². The first-order valence-corrected chi connectivity index (χ1v) is 5.10. The van der Waals surface area contributed by atoms with Crippen molar-refractivity contribution in [2.45, 2.75) is 6.04 Å². The van der Waals surface area contributed by atoms with Gasteiger partial charge in [0.15, 0.2) is 6.04 Å². The summed E-state index contributed by atoms with van der Waals surface area (Å²) < 4.78 is 12.8. The fraction of sp³-hybridized carbons (Fsp3) is 0.167. The van der Waals surface area contributed by atoms with Crippen LogP contribution in [-0.4, -0.2) is 34.7 Å². The van der Waals surface area contributed by atoms with Crippen molar-refractivity contribution >= 4 is 18.0 Å². The average molecular weight is 253 g/mol. The maximum Gasteiger partial charge on any atom is 0.328 e. The van der Waals surface area contributed by atoms with E-state index >= 15 is 0 Å². The van der Waals surface area contributed by atoms with Crippen molar-refractivity contribution in [3.05, 3.63) is 41.7 Å². The lowest BCUT2D eigenvalue weighted by Crippen LogP contribution is -2.42. The molecule has 0 heterocycles. The number of aliphatic hydroxyl groups excluding tert-OH is 1. The van der Waals surface area contributed by atoms with Gasteiger partial charge in [0.1, 0.15) is 5.82 Å².